The van der Waals surface area contributed by atoms with Crippen molar-refractivity contribution >= 4 is 0 Å². The highest BCUT2D eigenvalue weighted by molar-refractivity contribution is 4.97. The highest BCUT2D eigenvalue weighted by Crippen LogP contribution is 2.11. The Morgan fingerprint density at radius 1 is 1.46 bits per heavy atom. The highest BCUT2D eigenvalue weighted by atomic mass is 15.1. The summed E-state index contributed by atoms with van der Waals surface area (Å²) in [4.78, 5) is 4.34. The van der Waals surface area contributed by atoms with Gasteiger partial charge in [-0.1, -0.05) is 13.8 Å². The summed E-state index contributed by atoms with van der Waals surface area (Å²) in [5.74, 6) is 1.67. The molecule has 1 atom stereocenters. The number of nitrogens with zero attached hydrogens (tertiary/aromatic N) is 2. The van der Waals surface area contributed by atoms with Crippen molar-refractivity contribution in [2.75, 3.05) is 7.05 Å². The summed E-state index contributed by atoms with van der Waals surface area (Å²) < 4.78 is 2.21. The summed E-state index contributed by atoms with van der Waals surface area (Å²) in [7, 11) is 1.98. The molecule has 1 aromatic heterocycles. The minimum absolute atomic E-state index is 0.492. The van der Waals surface area contributed by atoms with E-state index in [0.29, 0.717) is 12.0 Å². The van der Waals surface area contributed by atoms with Crippen LogP contribution in [0.2, 0.25) is 0 Å². The molecule has 0 aliphatic carbocycles. The van der Waals surface area contributed by atoms with Crippen molar-refractivity contribution in [1.82, 2.24) is 14.9 Å². The summed E-state index contributed by atoms with van der Waals surface area (Å²) >= 11 is 0. The van der Waals surface area contributed by atoms with E-state index in [1.807, 2.05) is 19.4 Å². The maximum atomic E-state index is 4.34. The molecular formula is C10H19N3. The van der Waals surface area contributed by atoms with Gasteiger partial charge in [0.2, 0.25) is 0 Å². The molecule has 3 heteroatoms. The highest BCUT2D eigenvalue weighted by Gasteiger charge is 2.08. The van der Waals surface area contributed by atoms with Gasteiger partial charge in [-0.3, -0.25) is 0 Å². The molecular weight excluding hydrogens is 162 g/mol. The Balaban J connectivity index is 2.70. The average molecular weight is 181 g/mol. The lowest BCUT2D eigenvalue weighted by Crippen LogP contribution is -2.27. The first kappa shape index (κ1) is 10.3. The SMILES string of the molecule is CNC(C)Cn1ccnc1C(C)C. The zero-order valence-electron chi connectivity index (χ0n) is 8.91. The molecule has 1 unspecified atom stereocenters. The third-order valence-corrected chi connectivity index (χ3v) is 2.23. The zero-order chi connectivity index (χ0) is 9.84. The summed E-state index contributed by atoms with van der Waals surface area (Å²) in [5, 5.41) is 3.22. The Kier molecular flexibility index (Phi) is 3.48. The standard InChI is InChI=1S/C10H19N3/c1-8(2)10-12-5-6-13(10)7-9(3)11-4/h5-6,8-9,11H,7H2,1-4H3. The largest absolute Gasteiger partial charge is 0.333 e. The second kappa shape index (κ2) is 4.42. The molecule has 3 nitrogen and oxygen atoms in total. The number of hydrogen-bond donors (Lipinski definition) is 1. The van der Waals surface area contributed by atoms with E-state index in [-0.39, 0.29) is 0 Å². The van der Waals surface area contributed by atoms with Gasteiger partial charge in [0, 0.05) is 30.9 Å². The number of likely N-dealkylation sites (N-methyl/N-ethyl adjacent to an activating group) is 1. The van der Waals surface area contributed by atoms with Crippen LogP contribution in [0.1, 0.15) is 32.5 Å². The molecule has 0 fully saturated rings. The molecule has 0 spiro atoms. The topological polar surface area (TPSA) is 29.9 Å². The van der Waals surface area contributed by atoms with E-state index < -0.39 is 0 Å². The summed E-state index contributed by atoms with van der Waals surface area (Å²) in [6, 6.07) is 0.492. The molecule has 0 aliphatic rings. The predicted octanol–water partition coefficient (Wildman–Crippen LogP) is 1.61. The van der Waals surface area contributed by atoms with E-state index >= 15 is 0 Å². The fourth-order valence-electron chi connectivity index (χ4n) is 1.36. The van der Waals surface area contributed by atoms with Crippen LogP contribution >= 0.6 is 0 Å². The molecule has 0 aliphatic heterocycles. The van der Waals surface area contributed by atoms with Gasteiger partial charge in [-0.2, -0.15) is 0 Å². The lowest BCUT2D eigenvalue weighted by molar-refractivity contribution is 0.494. The van der Waals surface area contributed by atoms with Crippen LogP contribution in [-0.4, -0.2) is 22.6 Å². The van der Waals surface area contributed by atoms with Crippen molar-refractivity contribution in [2.45, 2.75) is 39.3 Å². The van der Waals surface area contributed by atoms with Crippen LogP contribution in [0.5, 0.6) is 0 Å². The van der Waals surface area contributed by atoms with Gasteiger partial charge in [0.15, 0.2) is 0 Å². The molecule has 0 bridgehead atoms. The van der Waals surface area contributed by atoms with Gasteiger partial charge in [-0.15, -0.1) is 0 Å². The number of rotatable bonds is 4. The predicted molar refractivity (Wildman–Crippen MR) is 54.8 cm³/mol. The van der Waals surface area contributed by atoms with Gasteiger partial charge in [-0.05, 0) is 14.0 Å². The average Bonchev–Trinajstić information content (AvgIpc) is 2.52. The van der Waals surface area contributed by atoms with Gasteiger partial charge < -0.3 is 9.88 Å². The van der Waals surface area contributed by atoms with E-state index in [4.69, 9.17) is 0 Å². The van der Waals surface area contributed by atoms with E-state index in [1.54, 1.807) is 0 Å². The third kappa shape index (κ3) is 2.56. The summed E-state index contributed by atoms with van der Waals surface area (Å²) in [6.45, 7) is 7.50. The number of nitrogens with one attached hydrogen (secondary N) is 1. The van der Waals surface area contributed by atoms with Gasteiger partial charge in [0.1, 0.15) is 5.82 Å². The number of imidazole rings is 1. The fraction of sp³-hybridized carbons (Fsp3) is 0.700. The maximum Gasteiger partial charge on any atom is 0.111 e. The molecule has 1 rings (SSSR count). The van der Waals surface area contributed by atoms with Crippen LogP contribution in [0.25, 0.3) is 0 Å². The van der Waals surface area contributed by atoms with Crippen molar-refractivity contribution in [3.63, 3.8) is 0 Å². The third-order valence-electron chi connectivity index (χ3n) is 2.23. The molecule has 1 aromatic rings. The second-order valence-corrected chi connectivity index (χ2v) is 3.78. The number of hydrogen-bond acceptors (Lipinski definition) is 2. The Hall–Kier alpha value is -0.830. The van der Waals surface area contributed by atoms with Crippen LogP contribution in [0.4, 0.5) is 0 Å². The van der Waals surface area contributed by atoms with Gasteiger partial charge in [-0.25, -0.2) is 4.98 Å². The summed E-state index contributed by atoms with van der Waals surface area (Å²) in [5.41, 5.74) is 0. The molecule has 0 saturated heterocycles. The van der Waals surface area contributed by atoms with E-state index in [9.17, 15) is 0 Å². The monoisotopic (exact) mass is 181 g/mol. The minimum Gasteiger partial charge on any atom is -0.333 e. The van der Waals surface area contributed by atoms with Crippen molar-refractivity contribution in [3.05, 3.63) is 18.2 Å². The van der Waals surface area contributed by atoms with Crippen LogP contribution in [0.15, 0.2) is 12.4 Å². The minimum atomic E-state index is 0.492. The quantitative estimate of drug-likeness (QED) is 0.765. The zero-order valence-corrected chi connectivity index (χ0v) is 8.91. The molecule has 0 radical (unpaired) electrons. The smallest absolute Gasteiger partial charge is 0.111 e. The molecule has 1 N–H and O–H groups in total. The first-order valence-corrected chi connectivity index (χ1v) is 4.83. The first-order valence-electron chi connectivity index (χ1n) is 4.83. The van der Waals surface area contributed by atoms with Crippen LogP contribution in [-0.2, 0) is 6.54 Å². The lowest BCUT2D eigenvalue weighted by atomic mass is 10.2. The molecule has 13 heavy (non-hydrogen) atoms. The normalized spacial score (nSPS) is 13.6. The maximum absolute atomic E-state index is 4.34. The Bertz CT molecular complexity index is 252. The van der Waals surface area contributed by atoms with Crippen LogP contribution in [0.3, 0.4) is 0 Å². The Morgan fingerprint density at radius 2 is 2.15 bits per heavy atom. The molecule has 0 amide bonds. The van der Waals surface area contributed by atoms with E-state index in [0.717, 1.165) is 6.54 Å². The fourth-order valence-corrected chi connectivity index (χ4v) is 1.36. The van der Waals surface area contributed by atoms with Crippen molar-refractivity contribution in [3.8, 4) is 0 Å². The number of aromatic nitrogens is 2. The molecule has 0 aromatic carbocycles. The van der Waals surface area contributed by atoms with Gasteiger partial charge in [0.25, 0.3) is 0 Å². The molecule has 1 heterocycles. The van der Waals surface area contributed by atoms with E-state index in [2.05, 4.69) is 35.6 Å². The van der Waals surface area contributed by atoms with Crippen molar-refractivity contribution in [2.24, 2.45) is 0 Å². The first-order chi connectivity index (χ1) is 6.15. The summed E-state index contributed by atoms with van der Waals surface area (Å²) in [6.07, 6.45) is 3.92. The Morgan fingerprint density at radius 3 is 2.69 bits per heavy atom. The molecule has 74 valence electrons. The molecule has 0 saturated carbocycles. The van der Waals surface area contributed by atoms with Crippen LogP contribution < -0.4 is 5.32 Å². The second-order valence-electron chi connectivity index (χ2n) is 3.78. The van der Waals surface area contributed by atoms with Gasteiger partial charge >= 0.3 is 0 Å². The van der Waals surface area contributed by atoms with Crippen LogP contribution in [0, 0.1) is 0 Å². The Labute approximate surface area is 80.2 Å². The lowest BCUT2D eigenvalue weighted by Gasteiger charge is -2.14. The van der Waals surface area contributed by atoms with Crippen molar-refractivity contribution in [1.29, 1.82) is 0 Å². The van der Waals surface area contributed by atoms with Crippen molar-refractivity contribution < 1.29 is 0 Å². The van der Waals surface area contributed by atoms with Gasteiger partial charge in [0.05, 0.1) is 0 Å². The van der Waals surface area contributed by atoms with E-state index in [1.165, 1.54) is 5.82 Å².